The fourth-order valence-corrected chi connectivity index (χ4v) is 12.7. The number of rotatable bonds is 17. The maximum atomic E-state index is 15.0. The summed E-state index contributed by atoms with van der Waals surface area (Å²) in [7, 11) is 0. The maximum absolute atomic E-state index is 15.0. The number of phenolic OH excluding ortho intramolecular Hbond substituents is 1. The van der Waals surface area contributed by atoms with E-state index in [9.17, 15) is 78.0 Å². The molecule has 13 N–H and O–H groups in total. The molecular formula is C57H79N11O16S. The number of nitrogens with zero attached hydrogens (tertiary/aromatic N) is 3. The van der Waals surface area contributed by atoms with E-state index in [0.717, 1.165) is 21.6 Å². The second-order valence-electron chi connectivity index (χ2n) is 23.0. The smallest absolute Gasteiger partial charge is 0.253 e. The first-order valence-corrected chi connectivity index (χ1v) is 30.0. The minimum Gasteiger partial charge on any atom is -0.508 e. The number of nitrogens with two attached hydrogens (primary N) is 1. The number of hydrogen-bond acceptors (Lipinski definition) is 18. The average Bonchev–Trinajstić information content (AvgIpc) is 2.15. The summed E-state index contributed by atoms with van der Waals surface area (Å²) < 4.78 is 0. The van der Waals surface area contributed by atoms with E-state index in [1.165, 1.54) is 25.1 Å². The van der Waals surface area contributed by atoms with Crippen LogP contribution in [0.15, 0.2) is 29.3 Å². The van der Waals surface area contributed by atoms with Crippen molar-refractivity contribution in [2.45, 2.75) is 139 Å². The number of fused-ring (bicyclic) bond motifs is 5. The van der Waals surface area contributed by atoms with Crippen molar-refractivity contribution in [3.63, 3.8) is 0 Å². The topological polar surface area (TPSA) is 409 Å². The maximum Gasteiger partial charge on any atom is 0.253 e. The van der Waals surface area contributed by atoms with Crippen molar-refractivity contribution < 1.29 is 78.0 Å². The van der Waals surface area contributed by atoms with E-state index in [0.29, 0.717) is 78.8 Å². The zero-order valence-corrected chi connectivity index (χ0v) is 48.8. The van der Waals surface area contributed by atoms with E-state index in [1.54, 1.807) is 19.9 Å². The molecule has 5 aliphatic rings. The number of phenols is 1. The molecule has 464 valence electrons. The number of carbonyl (C=O) groups excluding carboxylic acids is 12. The van der Waals surface area contributed by atoms with E-state index in [1.807, 2.05) is 0 Å². The van der Waals surface area contributed by atoms with Gasteiger partial charge in [0.25, 0.3) is 11.8 Å². The molecule has 2 saturated heterocycles. The Hall–Kier alpha value is -7.27. The zero-order chi connectivity index (χ0) is 61.8. The molecule has 2 fully saturated rings. The van der Waals surface area contributed by atoms with Gasteiger partial charge < -0.3 is 67.9 Å². The minimum absolute atomic E-state index is 0.0402. The third-order valence-electron chi connectivity index (χ3n) is 16.8. The number of thioether (sulfide) groups is 1. The van der Waals surface area contributed by atoms with Crippen molar-refractivity contribution in [1.29, 1.82) is 0 Å². The van der Waals surface area contributed by atoms with Gasteiger partial charge in [-0.3, -0.25) is 67.3 Å². The second kappa shape index (κ2) is 29.7. The Morgan fingerprint density at radius 3 is 2.25 bits per heavy atom. The van der Waals surface area contributed by atoms with E-state index in [-0.39, 0.29) is 67.5 Å². The Labute approximate surface area is 495 Å². The van der Waals surface area contributed by atoms with Crippen molar-refractivity contribution in [2.24, 2.45) is 35.3 Å². The summed E-state index contributed by atoms with van der Waals surface area (Å²) >= 11 is 1.01. The molecule has 0 spiro atoms. The molecule has 0 unspecified atom stereocenters. The Balaban J connectivity index is 1.25. The molecule has 7 rings (SSSR count). The number of carbonyl (C=O) groups is 12. The third-order valence-corrected chi connectivity index (χ3v) is 17.9. The summed E-state index contributed by atoms with van der Waals surface area (Å²) in [5.74, 6) is -13.6. The lowest BCUT2D eigenvalue weighted by molar-refractivity contribution is -0.145. The van der Waals surface area contributed by atoms with Crippen molar-refractivity contribution >= 4 is 93.3 Å². The zero-order valence-electron chi connectivity index (χ0n) is 48.0. The van der Waals surface area contributed by atoms with Gasteiger partial charge in [0.1, 0.15) is 17.8 Å². The number of nitrogens with one attached hydrogen (secondary N) is 7. The molecule has 10 amide bonds. The number of ketones is 2. The van der Waals surface area contributed by atoms with Gasteiger partial charge in [-0.05, 0) is 61.8 Å². The van der Waals surface area contributed by atoms with Gasteiger partial charge in [0.15, 0.2) is 11.6 Å². The SMILES string of the molecule is CC[C@H](C)[C@@H]1NC(=O)CNC(=O)[C@@H]2CC(=O)[C@H]([C@@H](C)[C@@H](O)CO)NC(=O)[C@@H]3C[C@@H](O)CN3C(=O)[C@H](CC(N)=O)CC(=O)[C@H](CSc3[nH]c4c(CN5CC[C@@H](CNC(=O)CCCCCN6C(=O)C=CC6=O)C5)c(O)ccc4c3C2)NC(=O)CNC1=O. The number of Topliss-reactive ketones (excluding diaryl/α,β-unsaturated/α-hetero) is 2. The number of aromatic amines is 1. The van der Waals surface area contributed by atoms with E-state index in [2.05, 4.69) is 41.8 Å². The van der Waals surface area contributed by atoms with Gasteiger partial charge in [-0.15, -0.1) is 11.8 Å². The molecule has 1 aromatic carbocycles. The predicted octanol–water partition coefficient (Wildman–Crippen LogP) is -2.33. The molecule has 27 nitrogen and oxygen atoms in total. The molecule has 28 heteroatoms. The van der Waals surface area contributed by atoms with Crippen LogP contribution < -0.4 is 37.6 Å². The highest BCUT2D eigenvalue weighted by Crippen LogP contribution is 2.39. The molecular weight excluding hydrogens is 1130 g/mol. The number of primary amides is 1. The van der Waals surface area contributed by atoms with E-state index in [4.69, 9.17) is 5.73 Å². The second-order valence-corrected chi connectivity index (χ2v) is 24.0. The number of H-pyrrole nitrogens is 1. The predicted molar refractivity (Wildman–Crippen MR) is 305 cm³/mol. The monoisotopic (exact) mass is 1210 g/mol. The number of benzene rings is 1. The Morgan fingerprint density at radius 1 is 0.847 bits per heavy atom. The lowest BCUT2D eigenvalue weighted by Crippen LogP contribution is -2.56. The number of aromatic nitrogens is 1. The fraction of sp³-hybridized carbons (Fsp3) is 0.614. The highest BCUT2D eigenvalue weighted by molar-refractivity contribution is 7.99. The van der Waals surface area contributed by atoms with Crippen molar-refractivity contribution in [1.82, 2.24) is 51.6 Å². The summed E-state index contributed by atoms with van der Waals surface area (Å²) in [5, 5.41) is 60.4. The average molecular weight is 1210 g/mol. The molecule has 0 aliphatic carbocycles. The van der Waals surface area contributed by atoms with Crippen molar-refractivity contribution in [3.8, 4) is 5.75 Å². The minimum atomic E-state index is -1.65. The van der Waals surface area contributed by atoms with Crippen LogP contribution in [0.1, 0.15) is 96.1 Å². The molecule has 1 aromatic heterocycles. The summed E-state index contributed by atoms with van der Waals surface area (Å²) in [5.41, 5.74) is 6.86. The van der Waals surface area contributed by atoms with E-state index >= 15 is 0 Å². The quantitative estimate of drug-likeness (QED) is 0.0584. The molecule has 0 saturated carbocycles. The van der Waals surface area contributed by atoms with Crippen LogP contribution in [0.3, 0.4) is 0 Å². The van der Waals surface area contributed by atoms with Crippen molar-refractivity contribution in [3.05, 3.63) is 35.4 Å². The van der Waals surface area contributed by atoms with Crippen molar-refractivity contribution in [2.75, 3.05) is 58.2 Å². The molecule has 6 heterocycles. The number of unbranched alkanes of at least 4 members (excludes halogenated alkanes) is 2. The van der Waals surface area contributed by atoms with Crippen LogP contribution in [-0.4, -0.2) is 205 Å². The first-order valence-electron chi connectivity index (χ1n) is 29.0. The Bertz CT molecular complexity index is 2920. The molecule has 2 aromatic rings. The van der Waals surface area contributed by atoms with Gasteiger partial charge in [-0.25, -0.2) is 0 Å². The van der Waals surface area contributed by atoms with Crippen LogP contribution in [-0.2, 0) is 70.5 Å². The van der Waals surface area contributed by atoms with Gasteiger partial charge >= 0.3 is 0 Å². The number of hydrogen-bond donors (Lipinski definition) is 12. The fourth-order valence-electron chi connectivity index (χ4n) is 11.6. The largest absolute Gasteiger partial charge is 0.508 e. The first-order chi connectivity index (χ1) is 40.5. The summed E-state index contributed by atoms with van der Waals surface area (Å²) in [6.45, 7) is 4.12. The summed E-state index contributed by atoms with van der Waals surface area (Å²) in [6.07, 6.45) is -0.0747. The highest BCUT2D eigenvalue weighted by atomic mass is 32.2. The van der Waals surface area contributed by atoms with Gasteiger partial charge in [-0.2, -0.15) is 0 Å². The number of aromatic hydroxyl groups is 1. The van der Waals surface area contributed by atoms with Crippen LogP contribution in [0, 0.1) is 29.6 Å². The van der Waals surface area contributed by atoms with E-state index < -0.39 is 158 Å². The lowest BCUT2D eigenvalue weighted by Gasteiger charge is -2.32. The van der Waals surface area contributed by atoms with Crippen LogP contribution >= 0.6 is 11.8 Å². The molecule has 0 radical (unpaired) electrons. The first kappa shape index (κ1) is 65.3. The number of amides is 10. The molecule has 2 bridgehead atoms. The van der Waals surface area contributed by atoms with Crippen LogP contribution in [0.5, 0.6) is 5.75 Å². The van der Waals surface area contributed by atoms with Crippen LogP contribution in [0.2, 0.25) is 0 Å². The van der Waals surface area contributed by atoms with Gasteiger partial charge in [0.05, 0.1) is 60.4 Å². The normalized spacial score (nSPS) is 26.5. The third kappa shape index (κ3) is 16.8. The van der Waals surface area contributed by atoms with Gasteiger partial charge in [0.2, 0.25) is 47.3 Å². The molecule has 85 heavy (non-hydrogen) atoms. The molecule has 11 atom stereocenters. The number of likely N-dealkylation sites (tertiary alicyclic amines) is 1. The highest BCUT2D eigenvalue weighted by Gasteiger charge is 2.45. The number of aliphatic hydroxyl groups is 3. The van der Waals surface area contributed by atoms with Gasteiger partial charge in [0, 0.05) is 106 Å². The standard InChI is InChI=1S/C57H79N11O16S/c1-4-29(2)50-55(83)61-22-46(77)62-38-28-85-56-36(35-9-10-40(71)37(52(35)65-56)26-66-15-13-31(24-66)21-59-45(76)8-6-5-7-14-67-48(79)11-12-49(67)80)16-32(53(81)60-23-47(78)63-50)17-42(73)51(30(3)43(74)27-69)64-54(82)39-20-34(70)25-68(39)57(84)33(18-41(38)72)19-44(58)75/h9-12,29-34,38-39,43,50-51,65,69-71,74H,4-8,13-28H2,1-3H3,(H2,58,75)(H,59,76)(H,60,81)(H,61,83)(H,62,77)(H,63,78)(H,64,82)/t29-,30-,31-,32-,33-,34+,38-,39-,43-,50-,51-/m0/s1. The Kier molecular flexibility index (Phi) is 22.8. The van der Waals surface area contributed by atoms with Gasteiger partial charge in [-0.1, -0.05) is 33.6 Å². The molecule has 5 aliphatic heterocycles. The van der Waals surface area contributed by atoms with Crippen LogP contribution in [0.4, 0.5) is 0 Å². The summed E-state index contributed by atoms with van der Waals surface area (Å²) in [6, 6.07) is -2.76. The van der Waals surface area contributed by atoms with Crippen LogP contribution in [0.25, 0.3) is 10.9 Å². The Morgan fingerprint density at radius 2 is 1.55 bits per heavy atom. The number of aliphatic hydroxyl groups excluding tert-OH is 3. The number of imide groups is 1. The summed E-state index contributed by atoms with van der Waals surface area (Å²) in [4.78, 5) is 172. The lowest BCUT2D eigenvalue weighted by atomic mass is 9.85.